The van der Waals surface area contributed by atoms with Gasteiger partial charge in [-0.15, -0.1) is 11.3 Å². The number of urea groups is 1. The van der Waals surface area contributed by atoms with Crippen molar-refractivity contribution in [1.29, 1.82) is 0 Å². The van der Waals surface area contributed by atoms with Crippen LogP contribution >= 0.6 is 11.3 Å². The minimum atomic E-state index is -3.28. The first kappa shape index (κ1) is 17.9. The van der Waals surface area contributed by atoms with Crippen LogP contribution in [0.2, 0.25) is 0 Å². The standard InChI is InChI=1S/C13H23N3O3S2/c1-3-16(4-2)21(18,19)11-9-15-13(17)14-8-7-12-6-5-10-20-12/h5-6,10H,3-4,7-9,11H2,1-2H3,(H2,14,15,17). The Morgan fingerprint density at radius 2 is 1.90 bits per heavy atom. The Kier molecular flexibility index (Phi) is 7.69. The minimum absolute atomic E-state index is 0.0764. The van der Waals surface area contributed by atoms with Crippen molar-refractivity contribution < 1.29 is 13.2 Å². The molecule has 0 aliphatic heterocycles. The van der Waals surface area contributed by atoms with E-state index in [1.165, 1.54) is 9.18 Å². The molecule has 0 fully saturated rings. The van der Waals surface area contributed by atoms with Gasteiger partial charge in [-0.1, -0.05) is 19.9 Å². The van der Waals surface area contributed by atoms with E-state index in [2.05, 4.69) is 10.6 Å². The van der Waals surface area contributed by atoms with E-state index in [0.717, 1.165) is 6.42 Å². The normalized spacial score (nSPS) is 11.6. The van der Waals surface area contributed by atoms with Gasteiger partial charge in [0.05, 0.1) is 5.75 Å². The summed E-state index contributed by atoms with van der Waals surface area (Å²) in [4.78, 5) is 12.7. The summed E-state index contributed by atoms with van der Waals surface area (Å²) >= 11 is 1.65. The zero-order valence-corrected chi connectivity index (χ0v) is 14.1. The van der Waals surface area contributed by atoms with Crippen molar-refractivity contribution >= 4 is 27.4 Å². The molecule has 8 heteroatoms. The third-order valence-electron chi connectivity index (χ3n) is 2.98. The molecule has 0 aliphatic carbocycles. The molecule has 1 rings (SSSR count). The second kappa shape index (κ2) is 9.01. The molecule has 1 heterocycles. The third kappa shape index (κ3) is 6.45. The average molecular weight is 333 g/mol. The molecule has 0 aliphatic rings. The van der Waals surface area contributed by atoms with Crippen molar-refractivity contribution in [3.63, 3.8) is 0 Å². The number of amides is 2. The van der Waals surface area contributed by atoms with Crippen molar-refractivity contribution in [2.45, 2.75) is 20.3 Å². The molecule has 1 aromatic rings. The van der Waals surface area contributed by atoms with Crippen LogP contribution in [0.3, 0.4) is 0 Å². The molecule has 6 nitrogen and oxygen atoms in total. The number of nitrogens with one attached hydrogen (secondary N) is 2. The molecule has 0 unspecified atom stereocenters. The van der Waals surface area contributed by atoms with Gasteiger partial charge in [0.25, 0.3) is 0 Å². The maximum atomic E-state index is 11.9. The molecule has 0 radical (unpaired) electrons. The molecule has 2 N–H and O–H groups in total. The Morgan fingerprint density at radius 3 is 2.48 bits per heavy atom. The summed E-state index contributed by atoms with van der Waals surface area (Å²) in [5.74, 6) is -0.0764. The van der Waals surface area contributed by atoms with Crippen LogP contribution in [0.25, 0.3) is 0 Å². The molecule has 2 amide bonds. The fourth-order valence-corrected chi connectivity index (χ4v) is 3.97. The number of carbonyl (C=O) groups is 1. The lowest BCUT2D eigenvalue weighted by Crippen LogP contribution is -2.41. The topological polar surface area (TPSA) is 78.5 Å². The van der Waals surface area contributed by atoms with Gasteiger partial charge >= 0.3 is 6.03 Å². The molecule has 0 saturated carbocycles. The van der Waals surface area contributed by atoms with Crippen LogP contribution in [-0.2, 0) is 16.4 Å². The van der Waals surface area contributed by atoms with E-state index in [1.807, 2.05) is 17.5 Å². The number of hydrogen-bond acceptors (Lipinski definition) is 4. The van der Waals surface area contributed by atoms with Crippen molar-refractivity contribution in [2.75, 3.05) is 31.9 Å². The molecule has 21 heavy (non-hydrogen) atoms. The maximum Gasteiger partial charge on any atom is 0.314 e. The second-order valence-corrected chi connectivity index (χ2v) is 7.53. The van der Waals surface area contributed by atoms with Crippen LogP contribution in [-0.4, -0.2) is 50.7 Å². The Morgan fingerprint density at radius 1 is 1.24 bits per heavy atom. The van der Waals surface area contributed by atoms with Crippen molar-refractivity contribution in [2.24, 2.45) is 0 Å². The highest BCUT2D eigenvalue weighted by Gasteiger charge is 2.18. The summed E-state index contributed by atoms with van der Waals surface area (Å²) in [7, 11) is -3.28. The van der Waals surface area contributed by atoms with Crippen molar-refractivity contribution in [3.8, 4) is 0 Å². The molecular formula is C13H23N3O3S2. The highest BCUT2D eigenvalue weighted by atomic mass is 32.2. The molecule has 0 bridgehead atoms. The second-order valence-electron chi connectivity index (χ2n) is 4.41. The number of hydrogen-bond donors (Lipinski definition) is 2. The zero-order valence-electron chi connectivity index (χ0n) is 12.5. The number of thiophene rings is 1. The molecule has 1 aromatic heterocycles. The monoisotopic (exact) mass is 333 g/mol. The van der Waals surface area contributed by atoms with Gasteiger partial charge in [-0.05, 0) is 17.9 Å². The molecule has 0 atom stereocenters. The van der Waals surface area contributed by atoms with Gasteiger partial charge in [0.15, 0.2) is 0 Å². The quantitative estimate of drug-likeness (QED) is 0.714. The Labute approximate surface area is 130 Å². The van der Waals surface area contributed by atoms with E-state index >= 15 is 0 Å². The highest BCUT2D eigenvalue weighted by molar-refractivity contribution is 7.89. The molecule has 0 spiro atoms. The smallest absolute Gasteiger partial charge is 0.314 e. The SMILES string of the molecule is CCN(CC)S(=O)(=O)CCNC(=O)NCCc1cccs1. The van der Waals surface area contributed by atoms with E-state index in [-0.39, 0.29) is 18.3 Å². The lowest BCUT2D eigenvalue weighted by Gasteiger charge is -2.18. The number of nitrogens with zero attached hydrogens (tertiary/aromatic N) is 1. The molecular weight excluding hydrogens is 310 g/mol. The van der Waals surface area contributed by atoms with Crippen LogP contribution in [0.4, 0.5) is 4.79 Å². The fourth-order valence-electron chi connectivity index (χ4n) is 1.86. The fraction of sp³-hybridized carbons (Fsp3) is 0.615. The van der Waals surface area contributed by atoms with Crippen LogP contribution in [0.15, 0.2) is 17.5 Å². The first-order valence-corrected chi connectivity index (χ1v) is 9.50. The van der Waals surface area contributed by atoms with Crippen LogP contribution in [0, 0.1) is 0 Å². The third-order valence-corrected chi connectivity index (χ3v) is 5.94. The van der Waals surface area contributed by atoms with E-state index in [0.29, 0.717) is 19.6 Å². The van der Waals surface area contributed by atoms with Gasteiger partial charge in [-0.2, -0.15) is 0 Å². The zero-order chi connectivity index (χ0) is 15.7. The molecule has 0 saturated heterocycles. The van der Waals surface area contributed by atoms with Gasteiger partial charge < -0.3 is 10.6 Å². The van der Waals surface area contributed by atoms with Gasteiger partial charge in [-0.25, -0.2) is 17.5 Å². The Hall–Kier alpha value is -1.12. The number of sulfonamides is 1. The van der Waals surface area contributed by atoms with Crippen LogP contribution in [0.5, 0.6) is 0 Å². The lowest BCUT2D eigenvalue weighted by atomic mass is 10.3. The van der Waals surface area contributed by atoms with E-state index in [4.69, 9.17) is 0 Å². The predicted molar refractivity (Wildman–Crippen MR) is 86.1 cm³/mol. The van der Waals surface area contributed by atoms with Gasteiger partial charge in [0.2, 0.25) is 10.0 Å². The van der Waals surface area contributed by atoms with Crippen molar-refractivity contribution in [1.82, 2.24) is 14.9 Å². The Balaban J connectivity index is 2.21. The minimum Gasteiger partial charge on any atom is -0.338 e. The summed E-state index contributed by atoms with van der Waals surface area (Å²) < 4.78 is 25.2. The Bertz CT molecular complexity index is 511. The first-order valence-electron chi connectivity index (χ1n) is 7.01. The summed E-state index contributed by atoms with van der Waals surface area (Å²) in [6, 6.07) is 3.65. The van der Waals surface area contributed by atoms with Crippen LogP contribution in [0.1, 0.15) is 18.7 Å². The lowest BCUT2D eigenvalue weighted by molar-refractivity contribution is 0.241. The molecule has 0 aromatic carbocycles. The summed E-state index contributed by atoms with van der Waals surface area (Å²) in [5.41, 5.74) is 0. The first-order chi connectivity index (χ1) is 9.99. The van der Waals surface area contributed by atoms with E-state index < -0.39 is 10.0 Å². The van der Waals surface area contributed by atoms with E-state index in [9.17, 15) is 13.2 Å². The van der Waals surface area contributed by atoms with Gasteiger partial charge in [-0.3, -0.25) is 0 Å². The average Bonchev–Trinajstić information content (AvgIpc) is 2.92. The van der Waals surface area contributed by atoms with E-state index in [1.54, 1.807) is 25.2 Å². The number of carbonyl (C=O) groups excluding carboxylic acids is 1. The van der Waals surface area contributed by atoms with Gasteiger partial charge in [0.1, 0.15) is 0 Å². The number of rotatable bonds is 9. The van der Waals surface area contributed by atoms with Gasteiger partial charge in [0, 0.05) is 31.1 Å². The predicted octanol–water partition coefficient (Wildman–Crippen LogP) is 1.26. The molecule has 120 valence electrons. The van der Waals surface area contributed by atoms with Crippen molar-refractivity contribution in [3.05, 3.63) is 22.4 Å². The summed E-state index contributed by atoms with van der Waals surface area (Å²) in [6.45, 7) is 5.15. The van der Waals surface area contributed by atoms with Crippen LogP contribution < -0.4 is 10.6 Å². The maximum absolute atomic E-state index is 11.9. The summed E-state index contributed by atoms with van der Waals surface area (Å²) in [6.07, 6.45) is 0.781. The highest BCUT2D eigenvalue weighted by Crippen LogP contribution is 2.07. The summed E-state index contributed by atoms with van der Waals surface area (Å²) in [5, 5.41) is 7.28. The largest absolute Gasteiger partial charge is 0.338 e.